The normalized spacial score (nSPS) is 11.4. The molecule has 1 rings (SSSR count). The predicted molar refractivity (Wildman–Crippen MR) is 70.5 cm³/mol. The van der Waals surface area contributed by atoms with Crippen LogP contribution in [0.15, 0.2) is 18.2 Å². The van der Waals surface area contributed by atoms with Crippen molar-refractivity contribution >= 4 is 33.3 Å². The topological polar surface area (TPSA) is 72.5 Å². The number of benzene rings is 1. The zero-order valence-corrected chi connectivity index (χ0v) is 11.8. The van der Waals surface area contributed by atoms with Crippen LogP contribution in [-0.2, 0) is 14.8 Å². The van der Waals surface area contributed by atoms with Gasteiger partial charge in [0.2, 0.25) is 10.0 Å². The van der Waals surface area contributed by atoms with Crippen LogP contribution in [0.2, 0.25) is 5.02 Å². The molecule has 0 aliphatic rings. The summed E-state index contributed by atoms with van der Waals surface area (Å²) in [6.07, 6.45) is 0. The third-order valence-corrected chi connectivity index (χ3v) is 4.34. The van der Waals surface area contributed by atoms with E-state index in [1.807, 2.05) is 0 Å². The van der Waals surface area contributed by atoms with Crippen molar-refractivity contribution < 1.29 is 17.9 Å². The third-order valence-electron chi connectivity index (χ3n) is 2.25. The Morgan fingerprint density at radius 2 is 2.00 bits per heavy atom. The second-order valence-electron chi connectivity index (χ2n) is 3.88. The van der Waals surface area contributed by atoms with E-state index in [2.05, 4.69) is 9.46 Å². The smallest absolute Gasteiger partial charge is 0.339 e. The summed E-state index contributed by atoms with van der Waals surface area (Å²) in [5.41, 5.74) is 0.386. The number of hydrogen-bond donors (Lipinski definition) is 1. The van der Waals surface area contributed by atoms with E-state index >= 15 is 0 Å². The molecule has 0 unspecified atom stereocenters. The molecule has 0 aliphatic heterocycles. The predicted octanol–water partition coefficient (Wildman–Crippen LogP) is 2.28. The molecule has 7 heteroatoms. The lowest BCUT2D eigenvalue weighted by molar-refractivity contribution is 0.0601. The summed E-state index contributed by atoms with van der Waals surface area (Å²) in [5.74, 6) is -0.620. The Hall–Kier alpha value is -1.27. The zero-order chi connectivity index (χ0) is 13.9. The Kier molecular flexibility index (Phi) is 4.59. The lowest BCUT2D eigenvalue weighted by Crippen LogP contribution is -2.22. The first-order chi connectivity index (χ1) is 8.27. The van der Waals surface area contributed by atoms with Crippen molar-refractivity contribution in [3.8, 4) is 0 Å². The van der Waals surface area contributed by atoms with Crippen LogP contribution in [0.3, 0.4) is 0 Å². The number of carbonyl (C=O) groups excluding carboxylic acids is 1. The van der Waals surface area contributed by atoms with Gasteiger partial charge in [-0.1, -0.05) is 11.6 Å². The van der Waals surface area contributed by atoms with Crippen LogP contribution in [0.5, 0.6) is 0 Å². The van der Waals surface area contributed by atoms with E-state index in [0.29, 0.717) is 0 Å². The van der Waals surface area contributed by atoms with Crippen molar-refractivity contribution in [2.45, 2.75) is 19.1 Å². The highest BCUT2D eigenvalue weighted by molar-refractivity contribution is 7.93. The van der Waals surface area contributed by atoms with Crippen molar-refractivity contribution in [1.82, 2.24) is 0 Å². The van der Waals surface area contributed by atoms with Gasteiger partial charge in [-0.25, -0.2) is 13.2 Å². The summed E-state index contributed by atoms with van der Waals surface area (Å²) >= 11 is 5.83. The molecule has 0 atom stereocenters. The summed E-state index contributed by atoms with van der Waals surface area (Å²) in [4.78, 5) is 11.4. The van der Waals surface area contributed by atoms with Gasteiger partial charge < -0.3 is 4.74 Å². The summed E-state index contributed by atoms with van der Waals surface area (Å²) in [5, 5.41) is -0.371. The monoisotopic (exact) mass is 291 g/mol. The SMILES string of the molecule is COC(=O)c1cc(NS(=O)(=O)C(C)C)ccc1Cl. The van der Waals surface area contributed by atoms with E-state index in [1.54, 1.807) is 13.8 Å². The molecule has 0 spiro atoms. The van der Waals surface area contributed by atoms with Crippen molar-refractivity contribution in [3.05, 3.63) is 28.8 Å². The minimum Gasteiger partial charge on any atom is -0.465 e. The Morgan fingerprint density at radius 3 is 2.50 bits per heavy atom. The van der Waals surface area contributed by atoms with Gasteiger partial charge in [0.15, 0.2) is 0 Å². The fourth-order valence-electron chi connectivity index (χ4n) is 1.14. The summed E-state index contributed by atoms with van der Waals surface area (Å²) < 4.78 is 30.3. The summed E-state index contributed by atoms with van der Waals surface area (Å²) in [7, 11) is -2.23. The van der Waals surface area contributed by atoms with Gasteiger partial charge in [-0.15, -0.1) is 0 Å². The fourth-order valence-corrected chi connectivity index (χ4v) is 2.02. The molecule has 0 aliphatic carbocycles. The molecule has 0 bridgehead atoms. The molecule has 0 saturated heterocycles. The average Bonchev–Trinajstić information content (AvgIpc) is 2.30. The van der Waals surface area contributed by atoms with E-state index in [1.165, 1.54) is 25.3 Å². The van der Waals surface area contributed by atoms with Crippen LogP contribution < -0.4 is 4.72 Å². The molecular weight excluding hydrogens is 278 g/mol. The number of nitrogens with one attached hydrogen (secondary N) is 1. The van der Waals surface area contributed by atoms with E-state index in [-0.39, 0.29) is 16.3 Å². The Bertz CT molecular complexity index is 554. The third kappa shape index (κ3) is 3.36. The highest BCUT2D eigenvalue weighted by Crippen LogP contribution is 2.22. The van der Waals surface area contributed by atoms with Gasteiger partial charge in [-0.3, -0.25) is 4.72 Å². The maximum absolute atomic E-state index is 11.7. The largest absolute Gasteiger partial charge is 0.465 e. The van der Waals surface area contributed by atoms with Gasteiger partial charge in [0.05, 0.1) is 22.9 Å². The molecule has 100 valence electrons. The summed E-state index contributed by atoms with van der Waals surface area (Å²) in [6, 6.07) is 4.26. The average molecular weight is 292 g/mol. The maximum atomic E-state index is 11.7. The van der Waals surface area contributed by atoms with Crippen LogP contribution in [0, 0.1) is 0 Å². The molecule has 0 aromatic heterocycles. The Morgan fingerprint density at radius 1 is 1.39 bits per heavy atom. The Balaban J connectivity index is 3.11. The molecule has 1 aromatic rings. The van der Waals surface area contributed by atoms with Crippen LogP contribution in [0.25, 0.3) is 0 Å². The van der Waals surface area contributed by atoms with Gasteiger partial charge >= 0.3 is 5.97 Å². The van der Waals surface area contributed by atoms with Gasteiger partial charge in [-0.2, -0.15) is 0 Å². The first-order valence-corrected chi connectivity index (χ1v) is 7.10. The van der Waals surface area contributed by atoms with Crippen LogP contribution in [-0.4, -0.2) is 26.7 Å². The minimum atomic E-state index is -3.46. The second-order valence-corrected chi connectivity index (χ2v) is 6.53. The maximum Gasteiger partial charge on any atom is 0.339 e. The molecule has 0 amide bonds. The number of sulfonamides is 1. The number of rotatable bonds is 4. The number of halogens is 1. The van der Waals surface area contributed by atoms with Crippen LogP contribution in [0.4, 0.5) is 5.69 Å². The van der Waals surface area contributed by atoms with E-state index in [9.17, 15) is 13.2 Å². The number of anilines is 1. The van der Waals surface area contributed by atoms with E-state index < -0.39 is 21.2 Å². The molecule has 0 heterocycles. The minimum absolute atomic E-state index is 0.114. The molecule has 18 heavy (non-hydrogen) atoms. The summed E-state index contributed by atoms with van der Waals surface area (Å²) in [6.45, 7) is 3.11. The highest BCUT2D eigenvalue weighted by atomic mass is 35.5. The van der Waals surface area contributed by atoms with Crippen molar-refractivity contribution in [2.24, 2.45) is 0 Å². The quantitative estimate of drug-likeness (QED) is 0.864. The fraction of sp³-hybridized carbons (Fsp3) is 0.364. The lowest BCUT2D eigenvalue weighted by Gasteiger charge is -2.12. The molecule has 1 aromatic carbocycles. The zero-order valence-electron chi connectivity index (χ0n) is 10.2. The van der Waals surface area contributed by atoms with Gasteiger partial charge in [0.1, 0.15) is 0 Å². The van der Waals surface area contributed by atoms with Crippen molar-refractivity contribution in [2.75, 3.05) is 11.8 Å². The number of ether oxygens (including phenoxy) is 1. The van der Waals surface area contributed by atoms with E-state index in [4.69, 9.17) is 11.6 Å². The highest BCUT2D eigenvalue weighted by Gasteiger charge is 2.17. The number of carbonyl (C=O) groups is 1. The first kappa shape index (κ1) is 14.8. The van der Waals surface area contributed by atoms with Gasteiger partial charge in [0.25, 0.3) is 0 Å². The van der Waals surface area contributed by atoms with Gasteiger partial charge in [0, 0.05) is 5.69 Å². The molecule has 1 N–H and O–H groups in total. The van der Waals surface area contributed by atoms with E-state index in [0.717, 1.165) is 0 Å². The van der Waals surface area contributed by atoms with Crippen molar-refractivity contribution in [3.63, 3.8) is 0 Å². The second kappa shape index (κ2) is 5.58. The number of esters is 1. The molecule has 0 fully saturated rings. The number of hydrogen-bond acceptors (Lipinski definition) is 4. The lowest BCUT2D eigenvalue weighted by atomic mass is 10.2. The Labute approximate surface area is 111 Å². The van der Waals surface area contributed by atoms with Crippen molar-refractivity contribution in [1.29, 1.82) is 0 Å². The molecular formula is C11H14ClNO4S. The van der Waals surface area contributed by atoms with Crippen LogP contribution >= 0.6 is 11.6 Å². The van der Waals surface area contributed by atoms with Crippen LogP contribution in [0.1, 0.15) is 24.2 Å². The molecule has 5 nitrogen and oxygen atoms in total. The standard InChI is InChI=1S/C11H14ClNO4S/c1-7(2)18(15,16)13-8-4-5-10(12)9(6-8)11(14)17-3/h4-7,13H,1-3H3. The first-order valence-electron chi connectivity index (χ1n) is 5.17. The number of methoxy groups -OCH3 is 1. The molecule has 0 radical (unpaired) electrons. The molecule has 0 saturated carbocycles. The van der Waals surface area contributed by atoms with Gasteiger partial charge in [-0.05, 0) is 32.0 Å².